The van der Waals surface area contributed by atoms with Crippen LogP contribution in [0.1, 0.15) is 23.8 Å². The Hall–Kier alpha value is -2.28. The van der Waals surface area contributed by atoms with E-state index in [9.17, 15) is 9.90 Å². The maximum atomic E-state index is 11.8. The Morgan fingerprint density at radius 1 is 1.45 bits per heavy atom. The molecule has 0 saturated carbocycles. The van der Waals surface area contributed by atoms with Gasteiger partial charge in [-0.3, -0.25) is 4.98 Å². The van der Waals surface area contributed by atoms with Crippen LogP contribution in [0.15, 0.2) is 24.5 Å². The number of carbonyl (C=O) groups is 1. The average Bonchev–Trinajstić information content (AvgIpc) is 2.90. The Labute approximate surface area is 116 Å². The Bertz CT molecular complexity index is 583. The maximum Gasteiger partial charge on any atom is 0.360 e. The predicted octanol–water partition coefficient (Wildman–Crippen LogP) is 0.898. The summed E-state index contributed by atoms with van der Waals surface area (Å²) in [7, 11) is 1.29. The van der Waals surface area contributed by atoms with E-state index in [0.29, 0.717) is 12.1 Å². The zero-order chi connectivity index (χ0) is 14.5. The smallest absolute Gasteiger partial charge is 0.360 e. The Morgan fingerprint density at radius 2 is 2.15 bits per heavy atom. The first kappa shape index (κ1) is 14.1. The lowest BCUT2D eigenvalue weighted by Crippen LogP contribution is -2.17. The van der Waals surface area contributed by atoms with Crippen LogP contribution in [0, 0.1) is 0 Å². The molecule has 106 valence electrons. The van der Waals surface area contributed by atoms with Crippen LogP contribution in [0.2, 0.25) is 0 Å². The minimum Gasteiger partial charge on any atom is -0.464 e. The van der Waals surface area contributed by atoms with Gasteiger partial charge in [0.05, 0.1) is 19.8 Å². The highest BCUT2D eigenvalue weighted by molar-refractivity contribution is 5.93. The van der Waals surface area contributed by atoms with Gasteiger partial charge in [-0.15, -0.1) is 5.10 Å². The number of methoxy groups -OCH3 is 1. The molecule has 2 aromatic rings. The first-order chi connectivity index (χ1) is 9.67. The molecule has 0 aliphatic rings. The molecule has 2 aromatic heterocycles. The van der Waals surface area contributed by atoms with E-state index >= 15 is 0 Å². The summed E-state index contributed by atoms with van der Waals surface area (Å²) in [6.07, 6.45) is 3.26. The highest BCUT2D eigenvalue weighted by Crippen LogP contribution is 2.22. The SMILES string of the molecule is CCC(O)Cn1nnc(C(=O)OC)c1-c1ccncc1. The summed E-state index contributed by atoms with van der Waals surface area (Å²) in [4.78, 5) is 15.7. The third-order valence-electron chi connectivity index (χ3n) is 2.92. The van der Waals surface area contributed by atoms with Gasteiger partial charge in [-0.2, -0.15) is 0 Å². The molecule has 7 heteroatoms. The van der Waals surface area contributed by atoms with Crippen LogP contribution < -0.4 is 0 Å². The van der Waals surface area contributed by atoms with Gasteiger partial charge in [0.1, 0.15) is 5.69 Å². The third-order valence-corrected chi connectivity index (χ3v) is 2.92. The number of pyridine rings is 1. The van der Waals surface area contributed by atoms with Crippen LogP contribution in [-0.2, 0) is 11.3 Å². The van der Waals surface area contributed by atoms with Crippen LogP contribution >= 0.6 is 0 Å². The van der Waals surface area contributed by atoms with Crippen molar-refractivity contribution in [1.82, 2.24) is 20.0 Å². The van der Waals surface area contributed by atoms with Crippen molar-refractivity contribution in [2.45, 2.75) is 26.0 Å². The van der Waals surface area contributed by atoms with Crippen molar-refractivity contribution < 1.29 is 14.6 Å². The van der Waals surface area contributed by atoms with Crippen LogP contribution in [0.4, 0.5) is 0 Å². The van der Waals surface area contributed by atoms with Crippen LogP contribution in [0.3, 0.4) is 0 Å². The molecule has 0 fully saturated rings. The number of aromatic nitrogens is 4. The molecule has 1 atom stereocenters. The summed E-state index contributed by atoms with van der Waals surface area (Å²) in [6, 6.07) is 3.50. The Balaban J connectivity index is 2.48. The van der Waals surface area contributed by atoms with Gasteiger partial charge < -0.3 is 9.84 Å². The van der Waals surface area contributed by atoms with Gasteiger partial charge in [0.15, 0.2) is 5.69 Å². The number of rotatable bonds is 5. The fourth-order valence-electron chi connectivity index (χ4n) is 1.80. The molecule has 0 aliphatic heterocycles. The number of nitrogens with zero attached hydrogens (tertiary/aromatic N) is 4. The van der Waals surface area contributed by atoms with Crippen molar-refractivity contribution in [2.75, 3.05) is 7.11 Å². The molecule has 2 rings (SSSR count). The largest absolute Gasteiger partial charge is 0.464 e. The Morgan fingerprint density at radius 3 is 2.75 bits per heavy atom. The normalized spacial score (nSPS) is 12.2. The molecule has 0 amide bonds. The zero-order valence-corrected chi connectivity index (χ0v) is 11.4. The number of carbonyl (C=O) groups excluding carboxylic acids is 1. The number of hydrogen-bond acceptors (Lipinski definition) is 6. The number of aliphatic hydroxyl groups is 1. The van der Waals surface area contributed by atoms with Crippen molar-refractivity contribution in [3.8, 4) is 11.3 Å². The second-order valence-corrected chi connectivity index (χ2v) is 4.26. The van der Waals surface area contributed by atoms with E-state index in [1.54, 1.807) is 24.5 Å². The molecule has 7 nitrogen and oxygen atoms in total. The summed E-state index contributed by atoms with van der Waals surface area (Å²) < 4.78 is 6.22. The summed E-state index contributed by atoms with van der Waals surface area (Å²) in [5.74, 6) is -0.561. The van der Waals surface area contributed by atoms with E-state index in [-0.39, 0.29) is 12.2 Å². The standard InChI is InChI=1S/C13H16N4O3/c1-3-10(18)8-17-12(9-4-6-14-7-5-9)11(15-16-17)13(19)20-2/h4-7,10,18H,3,8H2,1-2H3. The minimum absolute atomic E-state index is 0.127. The van der Waals surface area contributed by atoms with E-state index in [4.69, 9.17) is 4.74 Å². The summed E-state index contributed by atoms with van der Waals surface area (Å²) in [6.45, 7) is 2.13. The van der Waals surface area contributed by atoms with Gasteiger partial charge in [0, 0.05) is 18.0 Å². The van der Waals surface area contributed by atoms with Crippen molar-refractivity contribution in [3.63, 3.8) is 0 Å². The summed E-state index contributed by atoms with van der Waals surface area (Å²) in [5, 5.41) is 17.6. The number of hydrogen-bond donors (Lipinski definition) is 1. The summed E-state index contributed by atoms with van der Waals surface area (Å²) in [5.41, 5.74) is 1.39. The molecule has 0 radical (unpaired) electrons. The van der Waals surface area contributed by atoms with Crippen molar-refractivity contribution in [2.24, 2.45) is 0 Å². The molecule has 0 aromatic carbocycles. The zero-order valence-electron chi connectivity index (χ0n) is 11.4. The van der Waals surface area contributed by atoms with E-state index in [1.165, 1.54) is 11.8 Å². The monoisotopic (exact) mass is 276 g/mol. The van der Waals surface area contributed by atoms with Gasteiger partial charge in [0.25, 0.3) is 0 Å². The van der Waals surface area contributed by atoms with Crippen molar-refractivity contribution in [1.29, 1.82) is 0 Å². The molecule has 0 bridgehead atoms. The van der Waals surface area contributed by atoms with E-state index < -0.39 is 12.1 Å². The summed E-state index contributed by atoms with van der Waals surface area (Å²) >= 11 is 0. The van der Waals surface area contributed by atoms with Crippen molar-refractivity contribution in [3.05, 3.63) is 30.2 Å². The van der Waals surface area contributed by atoms with Gasteiger partial charge in [0.2, 0.25) is 0 Å². The maximum absolute atomic E-state index is 11.8. The first-order valence-corrected chi connectivity index (χ1v) is 6.27. The van der Waals surface area contributed by atoms with Gasteiger partial charge >= 0.3 is 5.97 Å². The van der Waals surface area contributed by atoms with E-state index in [1.807, 2.05) is 6.92 Å². The van der Waals surface area contributed by atoms with Gasteiger partial charge in [-0.25, -0.2) is 9.48 Å². The second-order valence-electron chi connectivity index (χ2n) is 4.26. The third kappa shape index (κ3) is 2.83. The van der Waals surface area contributed by atoms with Crippen LogP contribution in [0.5, 0.6) is 0 Å². The molecule has 0 spiro atoms. The lowest BCUT2D eigenvalue weighted by Gasteiger charge is -2.11. The topological polar surface area (TPSA) is 90.1 Å². The van der Waals surface area contributed by atoms with Gasteiger partial charge in [-0.1, -0.05) is 12.1 Å². The molecule has 0 saturated heterocycles. The molecular formula is C13H16N4O3. The molecule has 1 N–H and O–H groups in total. The molecular weight excluding hydrogens is 260 g/mol. The number of aliphatic hydroxyl groups excluding tert-OH is 1. The highest BCUT2D eigenvalue weighted by Gasteiger charge is 2.22. The second kappa shape index (κ2) is 6.25. The molecule has 0 aliphatic carbocycles. The predicted molar refractivity (Wildman–Crippen MR) is 70.9 cm³/mol. The van der Waals surface area contributed by atoms with Crippen molar-refractivity contribution >= 4 is 5.97 Å². The molecule has 20 heavy (non-hydrogen) atoms. The van der Waals surface area contributed by atoms with Gasteiger partial charge in [-0.05, 0) is 18.6 Å². The molecule has 2 heterocycles. The minimum atomic E-state index is -0.561. The van der Waals surface area contributed by atoms with E-state index in [0.717, 1.165) is 5.56 Å². The number of esters is 1. The van der Waals surface area contributed by atoms with Crippen LogP contribution in [0.25, 0.3) is 11.3 Å². The highest BCUT2D eigenvalue weighted by atomic mass is 16.5. The molecule has 1 unspecified atom stereocenters. The van der Waals surface area contributed by atoms with E-state index in [2.05, 4.69) is 15.3 Å². The fourth-order valence-corrected chi connectivity index (χ4v) is 1.80. The Kier molecular flexibility index (Phi) is 4.41. The lowest BCUT2D eigenvalue weighted by atomic mass is 10.1. The van der Waals surface area contributed by atoms with Crippen LogP contribution in [-0.4, -0.2) is 44.3 Å². The average molecular weight is 276 g/mol. The quantitative estimate of drug-likeness (QED) is 0.816. The fraction of sp³-hybridized carbons (Fsp3) is 0.385. The number of ether oxygens (including phenoxy) is 1. The first-order valence-electron chi connectivity index (χ1n) is 6.27. The lowest BCUT2D eigenvalue weighted by molar-refractivity contribution is 0.0594.